The number of aromatic nitrogens is 1. The van der Waals surface area contributed by atoms with Gasteiger partial charge in [0.2, 0.25) is 5.91 Å². The standard InChI is InChI=1S/C29H27N3O5S2/c1-18-23(39-17-30-18)13-10-21-16-38-28-25(31-24(33)14-19-6-4-3-5-7-19)27(34)32(28)26(21)29(35)37-15-20-8-11-22(36-2)12-9-20/h3-13,17,25,28H,14-16H2,1-2H3,(H,31,33). The zero-order valence-corrected chi connectivity index (χ0v) is 23.1. The Kier molecular flexibility index (Phi) is 8.13. The van der Waals surface area contributed by atoms with Crippen molar-refractivity contribution < 1.29 is 23.9 Å². The number of hydrogen-bond donors (Lipinski definition) is 1. The maximum Gasteiger partial charge on any atom is 0.355 e. The lowest BCUT2D eigenvalue weighted by Gasteiger charge is -2.49. The van der Waals surface area contributed by atoms with Crippen molar-refractivity contribution in [3.05, 3.63) is 99.2 Å². The van der Waals surface area contributed by atoms with Gasteiger partial charge in [-0.1, -0.05) is 48.5 Å². The van der Waals surface area contributed by atoms with Crippen LogP contribution in [0.4, 0.5) is 0 Å². The van der Waals surface area contributed by atoms with Crippen molar-refractivity contribution >= 4 is 47.0 Å². The molecule has 2 aromatic carbocycles. The summed E-state index contributed by atoms with van der Waals surface area (Å²) >= 11 is 3.01. The summed E-state index contributed by atoms with van der Waals surface area (Å²) in [5.74, 6) is 0.0426. The van der Waals surface area contributed by atoms with E-state index in [0.29, 0.717) is 17.1 Å². The summed E-state index contributed by atoms with van der Waals surface area (Å²) < 4.78 is 10.8. The van der Waals surface area contributed by atoms with Gasteiger partial charge in [0.15, 0.2) is 0 Å². The van der Waals surface area contributed by atoms with Crippen LogP contribution in [0.1, 0.15) is 21.7 Å². The number of thiazole rings is 1. The molecule has 3 heterocycles. The summed E-state index contributed by atoms with van der Waals surface area (Å²) in [7, 11) is 1.59. The van der Waals surface area contributed by atoms with E-state index in [0.717, 1.165) is 21.7 Å². The number of allylic oxidation sites excluding steroid dienone is 1. The molecule has 1 N–H and O–H groups in total. The lowest BCUT2D eigenvalue weighted by Crippen LogP contribution is -2.70. The van der Waals surface area contributed by atoms with Crippen LogP contribution in [0.25, 0.3) is 6.08 Å². The number of benzene rings is 2. The van der Waals surface area contributed by atoms with E-state index in [2.05, 4.69) is 10.3 Å². The van der Waals surface area contributed by atoms with Crippen molar-refractivity contribution in [2.45, 2.75) is 31.4 Å². The fourth-order valence-corrected chi connectivity index (χ4v) is 6.36. The summed E-state index contributed by atoms with van der Waals surface area (Å²) in [6, 6.07) is 15.9. The molecule has 2 unspecified atom stereocenters. The number of carbonyl (C=O) groups is 3. The van der Waals surface area contributed by atoms with Crippen LogP contribution in [-0.2, 0) is 32.1 Å². The van der Waals surface area contributed by atoms with Crippen LogP contribution in [0.15, 0.2) is 77.5 Å². The fourth-order valence-electron chi connectivity index (χ4n) is 4.35. The van der Waals surface area contributed by atoms with Gasteiger partial charge in [-0.3, -0.25) is 14.5 Å². The quantitative estimate of drug-likeness (QED) is 0.310. The van der Waals surface area contributed by atoms with Crippen molar-refractivity contribution in [1.82, 2.24) is 15.2 Å². The van der Waals surface area contributed by atoms with Gasteiger partial charge in [0.05, 0.1) is 24.7 Å². The zero-order chi connectivity index (χ0) is 27.4. The van der Waals surface area contributed by atoms with Crippen LogP contribution in [-0.4, -0.2) is 51.9 Å². The number of thioether (sulfide) groups is 1. The van der Waals surface area contributed by atoms with Crippen LogP contribution in [0.2, 0.25) is 0 Å². The van der Waals surface area contributed by atoms with Crippen LogP contribution in [0.3, 0.4) is 0 Å². The first-order valence-corrected chi connectivity index (χ1v) is 14.3. The first-order chi connectivity index (χ1) is 18.9. The number of ether oxygens (including phenoxy) is 2. The second-order valence-electron chi connectivity index (χ2n) is 9.05. The molecule has 2 aliphatic heterocycles. The number of amides is 2. The minimum Gasteiger partial charge on any atom is -0.497 e. The summed E-state index contributed by atoms with van der Waals surface area (Å²) in [6.45, 7) is 1.97. The summed E-state index contributed by atoms with van der Waals surface area (Å²) in [6.07, 6.45) is 3.93. The number of carbonyl (C=O) groups excluding carboxylic acids is 3. The molecule has 2 aliphatic rings. The maximum absolute atomic E-state index is 13.4. The molecule has 2 atom stereocenters. The van der Waals surface area contributed by atoms with Crippen molar-refractivity contribution in [2.75, 3.05) is 12.9 Å². The molecule has 39 heavy (non-hydrogen) atoms. The Morgan fingerprint density at radius 3 is 2.56 bits per heavy atom. The Morgan fingerprint density at radius 1 is 1.10 bits per heavy atom. The summed E-state index contributed by atoms with van der Waals surface area (Å²) in [4.78, 5) is 46.1. The molecule has 0 bridgehead atoms. The lowest BCUT2D eigenvalue weighted by molar-refractivity contribution is -0.153. The topological polar surface area (TPSA) is 97.8 Å². The van der Waals surface area contributed by atoms with Crippen molar-refractivity contribution in [2.24, 2.45) is 0 Å². The molecular weight excluding hydrogens is 534 g/mol. The molecule has 200 valence electrons. The smallest absolute Gasteiger partial charge is 0.355 e. The van der Waals surface area contributed by atoms with E-state index >= 15 is 0 Å². The first kappa shape index (κ1) is 26.7. The first-order valence-electron chi connectivity index (χ1n) is 12.3. The van der Waals surface area contributed by atoms with E-state index in [-0.39, 0.29) is 35.9 Å². The van der Waals surface area contributed by atoms with E-state index in [4.69, 9.17) is 9.47 Å². The summed E-state index contributed by atoms with van der Waals surface area (Å²) in [5.41, 5.74) is 5.22. The predicted molar refractivity (Wildman–Crippen MR) is 151 cm³/mol. The Morgan fingerprint density at radius 2 is 1.87 bits per heavy atom. The van der Waals surface area contributed by atoms with Gasteiger partial charge in [-0.15, -0.1) is 23.1 Å². The van der Waals surface area contributed by atoms with Gasteiger partial charge in [0.1, 0.15) is 29.5 Å². The predicted octanol–water partition coefficient (Wildman–Crippen LogP) is 4.11. The van der Waals surface area contributed by atoms with Crippen LogP contribution in [0.5, 0.6) is 5.75 Å². The van der Waals surface area contributed by atoms with Gasteiger partial charge in [-0.2, -0.15) is 0 Å². The maximum atomic E-state index is 13.4. The highest BCUT2D eigenvalue weighted by Crippen LogP contribution is 2.41. The number of aryl methyl sites for hydroxylation is 1. The molecule has 5 rings (SSSR count). The monoisotopic (exact) mass is 561 g/mol. The van der Waals surface area contributed by atoms with Crippen LogP contribution < -0.4 is 10.1 Å². The number of fused-ring (bicyclic) bond motifs is 1. The Balaban J connectivity index is 1.34. The third-order valence-electron chi connectivity index (χ3n) is 6.46. The molecule has 2 amide bonds. The molecule has 8 nitrogen and oxygen atoms in total. The van der Waals surface area contributed by atoms with E-state index in [1.54, 1.807) is 24.8 Å². The molecule has 10 heteroatoms. The molecule has 3 aromatic rings. The molecule has 0 saturated carbocycles. The highest BCUT2D eigenvalue weighted by molar-refractivity contribution is 8.00. The second kappa shape index (κ2) is 11.9. The second-order valence-corrected chi connectivity index (χ2v) is 11.0. The van der Waals surface area contributed by atoms with Crippen molar-refractivity contribution in [3.63, 3.8) is 0 Å². The van der Waals surface area contributed by atoms with Gasteiger partial charge in [0.25, 0.3) is 5.91 Å². The third kappa shape index (κ3) is 5.91. The number of esters is 1. The molecule has 0 radical (unpaired) electrons. The molecule has 0 spiro atoms. The molecular formula is C29H27N3O5S2. The lowest BCUT2D eigenvalue weighted by atomic mass is 10.0. The van der Waals surface area contributed by atoms with Crippen molar-refractivity contribution in [1.29, 1.82) is 0 Å². The van der Waals surface area contributed by atoms with Gasteiger partial charge >= 0.3 is 5.97 Å². The van der Waals surface area contributed by atoms with Gasteiger partial charge in [-0.25, -0.2) is 9.78 Å². The van der Waals surface area contributed by atoms with E-state index in [9.17, 15) is 14.4 Å². The average molecular weight is 562 g/mol. The molecule has 1 aromatic heterocycles. The highest BCUT2D eigenvalue weighted by Gasteiger charge is 2.54. The number of hydrogen-bond acceptors (Lipinski definition) is 8. The number of rotatable bonds is 9. The zero-order valence-electron chi connectivity index (χ0n) is 21.5. The number of nitrogens with zero attached hydrogens (tertiary/aromatic N) is 2. The Bertz CT molecular complexity index is 1430. The Hall–Kier alpha value is -3.89. The fraction of sp³-hybridized carbons (Fsp3) is 0.241. The van der Waals surface area contributed by atoms with E-state index in [1.807, 2.05) is 61.5 Å². The van der Waals surface area contributed by atoms with Gasteiger partial charge < -0.3 is 14.8 Å². The SMILES string of the molecule is COc1ccc(COC(=O)C2=C(C=Cc3scnc3C)CSC3C(NC(=O)Cc4ccccc4)C(=O)N23)cc1. The molecule has 1 saturated heterocycles. The van der Waals surface area contributed by atoms with Gasteiger partial charge in [-0.05, 0) is 41.8 Å². The largest absolute Gasteiger partial charge is 0.497 e. The van der Waals surface area contributed by atoms with Crippen molar-refractivity contribution in [3.8, 4) is 5.75 Å². The number of methoxy groups -OCH3 is 1. The van der Waals surface area contributed by atoms with Crippen LogP contribution in [0, 0.1) is 6.92 Å². The van der Waals surface area contributed by atoms with E-state index in [1.165, 1.54) is 28.0 Å². The minimum atomic E-state index is -0.704. The Labute approximate surface area is 234 Å². The normalized spacial score (nSPS) is 18.5. The minimum absolute atomic E-state index is 0.0500. The highest BCUT2D eigenvalue weighted by atomic mass is 32.2. The summed E-state index contributed by atoms with van der Waals surface area (Å²) in [5, 5.41) is 2.47. The number of nitrogens with one attached hydrogen (secondary N) is 1. The van der Waals surface area contributed by atoms with Gasteiger partial charge in [0, 0.05) is 10.6 Å². The number of β-lactam (4-membered cyclic amide) rings is 1. The molecule has 0 aliphatic carbocycles. The average Bonchev–Trinajstić information content (AvgIpc) is 3.38. The van der Waals surface area contributed by atoms with E-state index < -0.39 is 12.0 Å². The third-order valence-corrected chi connectivity index (χ3v) is 8.66. The molecule has 1 fully saturated rings. The van der Waals surface area contributed by atoms with Crippen LogP contribution >= 0.6 is 23.1 Å².